The molecule has 1 aromatic heterocycles. The highest BCUT2D eigenvalue weighted by Gasteiger charge is 2.17. The number of aromatic nitrogens is 2. The van der Waals surface area contributed by atoms with E-state index in [1.165, 1.54) is 0 Å². The molecule has 0 N–H and O–H groups in total. The van der Waals surface area contributed by atoms with Gasteiger partial charge in [-0.25, -0.2) is 4.39 Å². The molecule has 1 heterocycles. The van der Waals surface area contributed by atoms with Crippen LogP contribution in [0.5, 0.6) is 0 Å². The molecule has 0 amide bonds. The van der Waals surface area contributed by atoms with Gasteiger partial charge in [-0.2, -0.15) is 0 Å². The first-order chi connectivity index (χ1) is 8.47. The minimum absolute atomic E-state index is 0.0138. The van der Waals surface area contributed by atoms with Gasteiger partial charge < -0.3 is 4.42 Å². The summed E-state index contributed by atoms with van der Waals surface area (Å²) in [5, 5.41) is 17.4. The molecule has 0 bridgehead atoms. The summed E-state index contributed by atoms with van der Waals surface area (Å²) >= 11 is 5.74. The Balaban J connectivity index is 2.46. The lowest BCUT2D eigenvalue weighted by Crippen LogP contribution is -1.90. The molecule has 18 heavy (non-hydrogen) atoms. The van der Waals surface area contributed by atoms with E-state index in [9.17, 15) is 14.5 Å². The fourth-order valence-electron chi connectivity index (χ4n) is 1.32. The van der Waals surface area contributed by atoms with Crippen LogP contribution >= 0.6 is 11.6 Å². The maximum absolute atomic E-state index is 13.2. The number of nitro benzene ring substituents is 1. The topological polar surface area (TPSA) is 82.1 Å². The van der Waals surface area contributed by atoms with Crippen molar-refractivity contribution in [3.05, 3.63) is 40.0 Å². The van der Waals surface area contributed by atoms with Gasteiger partial charge in [-0.15, -0.1) is 21.8 Å². The van der Waals surface area contributed by atoms with Crippen molar-refractivity contribution >= 4 is 17.3 Å². The van der Waals surface area contributed by atoms with Crippen molar-refractivity contribution in [2.45, 2.75) is 12.3 Å². The largest absolute Gasteiger partial charge is 0.419 e. The number of hydrogen-bond donors (Lipinski definition) is 0. The standard InChI is InChI=1S/C10H7ClFN3O3/c1-5(11)9-13-14-10(18-9)6-2-7(12)4-8(3-6)15(16)17/h2-5H,1H3. The van der Waals surface area contributed by atoms with E-state index in [4.69, 9.17) is 16.0 Å². The molecule has 8 heteroatoms. The number of alkyl halides is 1. The van der Waals surface area contributed by atoms with E-state index in [1.807, 2.05) is 0 Å². The maximum Gasteiger partial charge on any atom is 0.273 e. The Hall–Kier alpha value is -2.02. The second-order valence-corrected chi connectivity index (χ2v) is 4.17. The van der Waals surface area contributed by atoms with E-state index in [1.54, 1.807) is 6.92 Å². The van der Waals surface area contributed by atoms with Gasteiger partial charge in [0.1, 0.15) is 11.2 Å². The monoisotopic (exact) mass is 271 g/mol. The van der Waals surface area contributed by atoms with E-state index in [0.29, 0.717) is 0 Å². The lowest BCUT2D eigenvalue weighted by atomic mass is 10.2. The van der Waals surface area contributed by atoms with Crippen LogP contribution in [-0.2, 0) is 0 Å². The number of rotatable bonds is 3. The molecule has 2 rings (SSSR count). The Kier molecular flexibility index (Phi) is 3.24. The molecular formula is C10H7ClFN3O3. The molecule has 94 valence electrons. The molecule has 0 aliphatic carbocycles. The fraction of sp³-hybridized carbons (Fsp3) is 0.200. The number of halogens is 2. The molecule has 0 saturated heterocycles. The summed E-state index contributed by atoms with van der Waals surface area (Å²) in [6, 6.07) is 3.04. The minimum Gasteiger partial charge on any atom is -0.419 e. The van der Waals surface area contributed by atoms with Gasteiger partial charge in [-0.1, -0.05) is 0 Å². The molecule has 2 aromatic rings. The van der Waals surface area contributed by atoms with Crippen LogP contribution in [0.3, 0.4) is 0 Å². The third kappa shape index (κ3) is 2.45. The van der Waals surface area contributed by atoms with E-state index in [2.05, 4.69) is 10.2 Å². The third-order valence-corrected chi connectivity index (χ3v) is 2.31. The van der Waals surface area contributed by atoms with Crippen molar-refractivity contribution in [3.8, 4) is 11.5 Å². The summed E-state index contributed by atoms with van der Waals surface area (Å²) in [6.45, 7) is 1.63. The van der Waals surface area contributed by atoms with Crippen LogP contribution in [0.2, 0.25) is 0 Å². The molecule has 6 nitrogen and oxygen atoms in total. The molecule has 0 aliphatic heterocycles. The minimum atomic E-state index is -0.752. The van der Waals surface area contributed by atoms with Crippen molar-refractivity contribution in [2.24, 2.45) is 0 Å². The molecule has 0 saturated carbocycles. The summed E-state index contributed by atoms with van der Waals surface area (Å²) in [5.74, 6) is -0.600. The number of nitro groups is 1. The predicted molar refractivity (Wildman–Crippen MR) is 60.6 cm³/mol. The Morgan fingerprint density at radius 1 is 1.44 bits per heavy atom. The van der Waals surface area contributed by atoms with Crippen LogP contribution in [-0.4, -0.2) is 15.1 Å². The van der Waals surface area contributed by atoms with Gasteiger partial charge in [0.15, 0.2) is 0 Å². The number of nitrogens with zero attached hydrogens (tertiary/aromatic N) is 3. The van der Waals surface area contributed by atoms with E-state index in [0.717, 1.165) is 18.2 Å². The number of hydrogen-bond acceptors (Lipinski definition) is 5. The first kappa shape index (κ1) is 12.4. The highest BCUT2D eigenvalue weighted by atomic mass is 35.5. The lowest BCUT2D eigenvalue weighted by molar-refractivity contribution is -0.385. The van der Waals surface area contributed by atoms with Gasteiger partial charge >= 0.3 is 0 Å². The zero-order valence-electron chi connectivity index (χ0n) is 9.13. The van der Waals surface area contributed by atoms with E-state index in [-0.39, 0.29) is 23.0 Å². The van der Waals surface area contributed by atoms with Gasteiger partial charge in [0.25, 0.3) is 5.69 Å². The summed E-state index contributed by atoms with van der Waals surface area (Å²) in [7, 11) is 0. The van der Waals surface area contributed by atoms with Crippen molar-refractivity contribution in [1.82, 2.24) is 10.2 Å². The molecule has 0 radical (unpaired) electrons. The zero-order chi connectivity index (χ0) is 13.3. The Morgan fingerprint density at radius 3 is 2.72 bits per heavy atom. The Labute approximate surface area is 106 Å². The second-order valence-electron chi connectivity index (χ2n) is 3.52. The molecule has 0 fully saturated rings. The van der Waals surface area contributed by atoms with Crippen molar-refractivity contribution in [3.63, 3.8) is 0 Å². The zero-order valence-corrected chi connectivity index (χ0v) is 9.89. The van der Waals surface area contributed by atoms with Crippen LogP contribution in [0.1, 0.15) is 18.2 Å². The molecule has 1 unspecified atom stereocenters. The third-order valence-electron chi connectivity index (χ3n) is 2.12. The summed E-state index contributed by atoms with van der Waals surface area (Å²) < 4.78 is 18.4. The van der Waals surface area contributed by atoms with Gasteiger partial charge in [0.2, 0.25) is 11.8 Å². The van der Waals surface area contributed by atoms with Gasteiger partial charge in [-0.05, 0) is 13.0 Å². The quantitative estimate of drug-likeness (QED) is 0.487. The SMILES string of the molecule is CC(Cl)c1nnc(-c2cc(F)cc([N+](=O)[O-])c2)o1. The van der Waals surface area contributed by atoms with Crippen LogP contribution in [0.4, 0.5) is 10.1 Å². The molecule has 0 spiro atoms. The summed E-state index contributed by atoms with van der Waals surface area (Å²) in [6.07, 6.45) is 0. The van der Waals surface area contributed by atoms with E-state index >= 15 is 0 Å². The fourth-order valence-corrected chi connectivity index (χ4v) is 1.40. The Bertz CT molecular complexity index is 600. The van der Waals surface area contributed by atoms with Crippen LogP contribution in [0, 0.1) is 15.9 Å². The molecule has 1 aromatic carbocycles. The molecule has 0 aliphatic rings. The van der Waals surface area contributed by atoms with Crippen LogP contribution < -0.4 is 0 Å². The predicted octanol–water partition coefficient (Wildman–Crippen LogP) is 3.08. The van der Waals surface area contributed by atoms with Crippen LogP contribution in [0.25, 0.3) is 11.5 Å². The van der Waals surface area contributed by atoms with Crippen LogP contribution in [0.15, 0.2) is 22.6 Å². The normalized spacial score (nSPS) is 12.4. The first-order valence-electron chi connectivity index (χ1n) is 4.90. The van der Waals surface area contributed by atoms with Gasteiger partial charge in [0.05, 0.1) is 11.0 Å². The number of non-ortho nitro benzene ring substituents is 1. The smallest absolute Gasteiger partial charge is 0.273 e. The first-order valence-corrected chi connectivity index (χ1v) is 5.34. The van der Waals surface area contributed by atoms with Gasteiger partial charge in [-0.3, -0.25) is 10.1 Å². The molecule has 1 atom stereocenters. The summed E-state index contributed by atoms with van der Waals surface area (Å²) in [4.78, 5) is 9.90. The Morgan fingerprint density at radius 2 is 2.17 bits per heavy atom. The average Bonchev–Trinajstić information content (AvgIpc) is 2.77. The van der Waals surface area contributed by atoms with E-state index < -0.39 is 16.1 Å². The number of benzene rings is 1. The highest BCUT2D eigenvalue weighted by molar-refractivity contribution is 6.20. The maximum atomic E-state index is 13.2. The summed E-state index contributed by atoms with van der Waals surface area (Å²) in [5.41, 5.74) is -0.249. The molecular weight excluding hydrogens is 265 g/mol. The highest BCUT2D eigenvalue weighted by Crippen LogP contribution is 2.27. The lowest BCUT2D eigenvalue weighted by Gasteiger charge is -1.97. The van der Waals surface area contributed by atoms with Crippen molar-refractivity contribution in [1.29, 1.82) is 0 Å². The van der Waals surface area contributed by atoms with Gasteiger partial charge in [0, 0.05) is 11.6 Å². The average molecular weight is 272 g/mol. The van der Waals surface area contributed by atoms with Crippen molar-refractivity contribution in [2.75, 3.05) is 0 Å². The van der Waals surface area contributed by atoms with Crippen molar-refractivity contribution < 1.29 is 13.7 Å². The second kappa shape index (κ2) is 4.69.